The molecule has 4 aromatic heterocycles. The van der Waals surface area contributed by atoms with Crippen molar-refractivity contribution < 1.29 is 4.39 Å². The molecule has 0 radical (unpaired) electrons. The summed E-state index contributed by atoms with van der Waals surface area (Å²) in [6, 6.07) is 7.54. The van der Waals surface area contributed by atoms with E-state index in [0.717, 1.165) is 73.3 Å². The minimum Gasteiger partial charge on any atom is -0.357 e. The van der Waals surface area contributed by atoms with Crippen molar-refractivity contribution in [2.24, 2.45) is 5.92 Å². The Bertz CT molecular complexity index is 1590. The summed E-state index contributed by atoms with van der Waals surface area (Å²) in [5.41, 5.74) is 8.78. The number of aromatic amines is 2. The molecule has 1 saturated carbocycles. The fourth-order valence-corrected chi connectivity index (χ4v) is 6.35. The fraction of sp³-hybridized carbons (Fsp3) is 0.273. The maximum atomic E-state index is 13.8. The second-order valence-corrected chi connectivity index (χ2v) is 11.2. The minimum absolute atomic E-state index is 0.210. The lowest BCUT2D eigenvalue weighted by atomic mass is 9.84. The topological polar surface area (TPSA) is 57.4 Å². The van der Waals surface area contributed by atoms with E-state index in [1.54, 1.807) is 12.1 Å². The van der Waals surface area contributed by atoms with Crippen molar-refractivity contribution in [3.63, 3.8) is 0 Å². The van der Waals surface area contributed by atoms with Crippen LogP contribution in [0.3, 0.4) is 0 Å². The fourth-order valence-electron chi connectivity index (χ4n) is 5.58. The van der Waals surface area contributed by atoms with E-state index in [9.17, 15) is 4.39 Å². The molecule has 1 aliphatic rings. The van der Waals surface area contributed by atoms with Crippen molar-refractivity contribution in [1.29, 1.82) is 0 Å². The first-order valence-electron chi connectivity index (χ1n) is 13.6. The third kappa shape index (κ3) is 5.81. The molecule has 4 heterocycles. The second kappa shape index (κ2) is 12.0. The molecule has 0 atom stereocenters. The molecule has 1 aliphatic carbocycles. The number of pyridine rings is 1. The van der Waals surface area contributed by atoms with Crippen LogP contribution in [0.5, 0.6) is 0 Å². The Kier molecular flexibility index (Phi) is 8.22. The first kappa shape index (κ1) is 26.8. The number of aryl methyl sites for hydroxylation is 1. The van der Waals surface area contributed by atoms with E-state index in [-0.39, 0.29) is 5.13 Å². The number of H-pyrrole nitrogens is 2. The summed E-state index contributed by atoms with van der Waals surface area (Å²) in [6.45, 7) is 12.1. The standard InChI is InChI=1S/C33H35FN4S/c1-5-11-26(30-14-15-31(34)39-30)27-19-29(36-21(27)4)32-28-18-25(20-35-33(28)38-37-32)24(7-3)17-22(6-2)16-23-12-9-8-10-13-23/h5-7,11,14-15,17-20,23,36H,1-2,8-10,12-13,16H2,3-4H3,(H,35,37,38)/b22-17+,24-7+,26-11+. The van der Waals surface area contributed by atoms with Crippen molar-refractivity contribution in [3.8, 4) is 11.4 Å². The molecule has 0 unspecified atom stereocenters. The van der Waals surface area contributed by atoms with Crippen LogP contribution in [0, 0.1) is 18.0 Å². The van der Waals surface area contributed by atoms with Crippen molar-refractivity contribution >= 4 is 33.5 Å². The van der Waals surface area contributed by atoms with Crippen molar-refractivity contribution in [2.45, 2.75) is 52.4 Å². The monoisotopic (exact) mass is 538 g/mol. The first-order valence-corrected chi connectivity index (χ1v) is 14.4. The number of rotatable bonds is 9. The summed E-state index contributed by atoms with van der Waals surface area (Å²) in [7, 11) is 0. The van der Waals surface area contributed by atoms with Crippen LogP contribution in [0.25, 0.3) is 33.6 Å². The molecular weight excluding hydrogens is 503 g/mol. The zero-order chi connectivity index (χ0) is 27.4. The molecule has 0 aliphatic heterocycles. The molecule has 0 amide bonds. The van der Waals surface area contributed by atoms with Gasteiger partial charge < -0.3 is 4.98 Å². The van der Waals surface area contributed by atoms with Gasteiger partial charge >= 0.3 is 0 Å². The lowest BCUT2D eigenvalue weighted by Crippen LogP contribution is -2.06. The number of allylic oxidation sites excluding steroid dienone is 7. The van der Waals surface area contributed by atoms with E-state index in [0.29, 0.717) is 5.65 Å². The lowest BCUT2D eigenvalue weighted by molar-refractivity contribution is 0.358. The SMILES string of the molecule is C=C/C=C(/c1ccc(F)s1)c1cc(-c2[nH]nc3ncc(C(/C=C(\C=C)CC4CCCCC4)=C/C)cc23)[nH]c1C. The summed E-state index contributed by atoms with van der Waals surface area (Å²) in [6.07, 6.45) is 19.7. The van der Waals surface area contributed by atoms with Crippen molar-refractivity contribution in [2.75, 3.05) is 0 Å². The summed E-state index contributed by atoms with van der Waals surface area (Å²) < 4.78 is 13.8. The molecule has 2 N–H and O–H groups in total. The third-order valence-corrected chi connectivity index (χ3v) is 8.51. The highest BCUT2D eigenvalue weighted by Gasteiger charge is 2.18. The second-order valence-electron chi connectivity index (χ2n) is 10.2. The van der Waals surface area contributed by atoms with E-state index in [2.05, 4.69) is 64.5 Å². The van der Waals surface area contributed by atoms with Crippen LogP contribution in [0.2, 0.25) is 0 Å². The number of hydrogen-bond donors (Lipinski definition) is 2. The van der Waals surface area contributed by atoms with Gasteiger partial charge in [0, 0.05) is 38.9 Å². The van der Waals surface area contributed by atoms with E-state index in [1.165, 1.54) is 43.7 Å². The van der Waals surface area contributed by atoms with E-state index >= 15 is 0 Å². The molecule has 5 rings (SSSR count). The minimum atomic E-state index is -0.210. The molecule has 1 fully saturated rings. The molecule has 4 nitrogen and oxygen atoms in total. The van der Waals surface area contributed by atoms with Crippen LogP contribution >= 0.6 is 11.3 Å². The van der Waals surface area contributed by atoms with Crippen molar-refractivity contribution in [1.82, 2.24) is 20.2 Å². The highest BCUT2D eigenvalue weighted by molar-refractivity contribution is 7.11. The quantitative estimate of drug-likeness (QED) is 0.208. The number of hydrogen-bond acceptors (Lipinski definition) is 3. The van der Waals surface area contributed by atoms with Gasteiger partial charge in [0.2, 0.25) is 0 Å². The molecule has 0 bridgehead atoms. The van der Waals surface area contributed by atoms with Gasteiger partial charge in [-0.2, -0.15) is 9.49 Å². The Morgan fingerprint density at radius 2 is 2.00 bits per heavy atom. The normalized spacial score (nSPS) is 15.7. The number of halogens is 1. The maximum Gasteiger partial charge on any atom is 0.181 e. The Morgan fingerprint density at radius 3 is 2.69 bits per heavy atom. The summed E-state index contributed by atoms with van der Waals surface area (Å²) in [5, 5.41) is 8.39. The first-order chi connectivity index (χ1) is 19.0. The van der Waals surface area contributed by atoms with Crippen LogP contribution in [0.15, 0.2) is 79.6 Å². The Labute approximate surface area is 233 Å². The summed E-state index contributed by atoms with van der Waals surface area (Å²) in [4.78, 5) is 9.03. The van der Waals surface area contributed by atoms with Gasteiger partial charge in [0.15, 0.2) is 10.8 Å². The number of aromatic nitrogens is 4. The predicted octanol–water partition coefficient (Wildman–Crippen LogP) is 9.57. The molecule has 6 heteroatoms. The average molecular weight is 539 g/mol. The molecule has 0 saturated heterocycles. The number of nitrogens with zero attached hydrogens (tertiary/aromatic N) is 2. The van der Waals surface area contributed by atoms with Crippen LogP contribution in [-0.4, -0.2) is 20.2 Å². The van der Waals surface area contributed by atoms with Gasteiger partial charge in [0.25, 0.3) is 0 Å². The number of nitrogens with one attached hydrogen (secondary N) is 2. The highest BCUT2D eigenvalue weighted by atomic mass is 32.1. The smallest absolute Gasteiger partial charge is 0.181 e. The Balaban J connectivity index is 1.49. The summed E-state index contributed by atoms with van der Waals surface area (Å²) >= 11 is 1.13. The average Bonchev–Trinajstić information content (AvgIpc) is 3.68. The van der Waals surface area contributed by atoms with E-state index in [1.807, 2.05) is 25.3 Å². The predicted molar refractivity (Wildman–Crippen MR) is 163 cm³/mol. The molecule has 39 heavy (non-hydrogen) atoms. The summed E-state index contributed by atoms with van der Waals surface area (Å²) in [5.74, 6) is 0.748. The molecule has 4 aromatic rings. The molecular formula is C33H35FN4S. The van der Waals surface area contributed by atoms with E-state index < -0.39 is 0 Å². The van der Waals surface area contributed by atoms with Crippen LogP contribution in [0.4, 0.5) is 4.39 Å². The molecule has 0 spiro atoms. The van der Waals surface area contributed by atoms with Gasteiger partial charge in [-0.3, -0.25) is 5.10 Å². The number of thiophene rings is 1. The van der Waals surface area contributed by atoms with Crippen LogP contribution < -0.4 is 0 Å². The zero-order valence-electron chi connectivity index (χ0n) is 22.7. The number of fused-ring (bicyclic) bond motifs is 1. The van der Waals surface area contributed by atoms with E-state index in [4.69, 9.17) is 0 Å². The van der Waals surface area contributed by atoms with Crippen LogP contribution in [-0.2, 0) is 0 Å². The third-order valence-electron chi connectivity index (χ3n) is 7.60. The largest absolute Gasteiger partial charge is 0.357 e. The highest BCUT2D eigenvalue weighted by Crippen LogP contribution is 2.36. The maximum absolute atomic E-state index is 13.8. The molecule has 0 aromatic carbocycles. The molecule has 200 valence electrons. The van der Waals surface area contributed by atoms with Gasteiger partial charge in [-0.05, 0) is 61.6 Å². The zero-order valence-corrected chi connectivity index (χ0v) is 23.5. The van der Waals surface area contributed by atoms with Crippen LogP contribution in [0.1, 0.15) is 67.1 Å². The van der Waals surface area contributed by atoms with Gasteiger partial charge in [-0.1, -0.05) is 75.6 Å². The van der Waals surface area contributed by atoms with Gasteiger partial charge in [0.1, 0.15) is 0 Å². The Morgan fingerprint density at radius 1 is 1.18 bits per heavy atom. The Hall–Kier alpha value is -3.77. The van der Waals surface area contributed by atoms with Gasteiger partial charge in [-0.15, -0.1) is 11.3 Å². The van der Waals surface area contributed by atoms with Crippen molar-refractivity contribution in [3.05, 3.63) is 106 Å². The van der Waals surface area contributed by atoms with Gasteiger partial charge in [0.05, 0.1) is 11.4 Å². The van der Waals surface area contributed by atoms with Gasteiger partial charge in [-0.25, -0.2) is 4.98 Å². The lowest BCUT2D eigenvalue weighted by Gasteiger charge is -2.22.